The van der Waals surface area contributed by atoms with E-state index in [0.717, 1.165) is 31.2 Å². The molecule has 4 atom stereocenters. The SMILES string of the molecule is COCCCOc1cc(C[C@@H](CC(N)C(O)CC(C(=O)NCC2(NC(C)=O)CC2)C(C)C)C(C)C)ccc1OC. The first-order valence-corrected chi connectivity index (χ1v) is 14.7. The first-order valence-electron chi connectivity index (χ1n) is 14.7. The Balaban J connectivity index is 1.99. The number of carbonyl (C=O) groups excluding carboxylic acids is 2. The highest BCUT2D eigenvalue weighted by Gasteiger charge is 2.44. The third-order valence-corrected chi connectivity index (χ3v) is 8.02. The molecule has 1 fully saturated rings. The van der Waals surface area contributed by atoms with Gasteiger partial charge in [0.1, 0.15) is 0 Å². The molecule has 1 saturated carbocycles. The van der Waals surface area contributed by atoms with Gasteiger partial charge in [0, 0.05) is 45.6 Å². The van der Waals surface area contributed by atoms with Crippen molar-refractivity contribution in [3.63, 3.8) is 0 Å². The molecule has 3 unspecified atom stereocenters. The van der Waals surface area contributed by atoms with Crippen LogP contribution in [0.2, 0.25) is 0 Å². The molecule has 2 amide bonds. The molecule has 1 aliphatic carbocycles. The lowest BCUT2D eigenvalue weighted by atomic mass is 9.81. The van der Waals surface area contributed by atoms with E-state index in [1.165, 1.54) is 6.92 Å². The third kappa shape index (κ3) is 10.9. The second-order valence-electron chi connectivity index (χ2n) is 12.1. The molecule has 0 spiro atoms. The fourth-order valence-electron chi connectivity index (χ4n) is 5.12. The Morgan fingerprint density at radius 1 is 1.05 bits per heavy atom. The number of aliphatic hydroxyl groups excluding tert-OH is 1. The molecule has 9 nitrogen and oxygen atoms in total. The number of benzene rings is 1. The minimum Gasteiger partial charge on any atom is -0.493 e. The van der Waals surface area contributed by atoms with Crippen LogP contribution in [0.4, 0.5) is 0 Å². The Labute approximate surface area is 240 Å². The van der Waals surface area contributed by atoms with Gasteiger partial charge in [-0.15, -0.1) is 0 Å². The minimum atomic E-state index is -0.805. The van der Waals surface area contributed by atoms with Crippen LogP contribution >= 0.6 is 0 Å². The Kier molecular flexibility index (Phi) is 13.7. The molecule has 40 heavy (non-hydrogen) atoms. The summed E-state index contributed by atoms with van der Waals surface area (Å²) in [5.41, 5.74) is 7.35. The lowest BCUT2D eigenvalue weighted by molar-refractivity contribution is -0.128. The van der Waals surface area contributed by atoms with Gasteiger partial charge in [-0.1, -0.05) is 33.8 Å². The van der Waals surface area contributed by atoms with Crippen LogP contribution in [0.15, 0.2) is 18.2 Å². The van der Waals surface area contributed by atoms with Gasteiger partial charge in [0.25, 0.3) is 0 Å². The summed E-state index contributed by atoms with van der Waals surface area (Å²) in [7, 11) is 3.30. The van der Waals surface area contributed by atoms with Crippen LogP contribution in [-0.2, 0) is 20.7 Å². The van der Waals surface area contributed by atoms with E-state index in [1.807, 2.05) is 32.0 Å². The molecule has 228 valence electrons. The van der Waals surface area contributed by atoms with Gasteiger partial charge in [0.05, 0.1) is 25.4 Å². The van der Waals surface area contributed by atoms with Gasteiger partial charge >= 0.3 is 0 Å². The van der Waals surface area contributed by atoms with E-state index in [-0.39, 0.29) is 35.1 Å². The van der Waals surface area contributed by atoms with Crippen LogP contribution in [0.1, 0.15) is 72.3 Å². The van der Waals surface area contributed by atoms with E-state index >= 15 is 0 Å². The summed E-state index contributed by atoms with van der Waals surface area (Å²) >= 11 is 0. The minimum absolute atomic E-state index is 0.0419. The molecule has 1 aromatic carbocycles. The van der Waals surface area contributed by atoms with Crippen molar-refractivity contribution in [2.24, 2.45) is 29.4 Å². The second-order valence-corrected chi connectivity index (χ2v) is 12.1. The van der Waals surface area contributed by atoms with Crippen LogP contribution in [-0.4, -0.2) is 68.6 Å². The monoisotopic (exact) mass is 563 g/mol. The Morgan fingerprint density at radius 3 is 2.30 bits per heavy atom. The predicted octanol–water partition coefficient (Wildman–Crippen LogP) is 3.45. The molecule has 0 bridgehead atoms. The van der Waals surface area contributed by atoms with Crippen molar-refractivity contribution in [3.8, 4) is 11.5 Å². The number of ether oxygens (including phenoxy) is 3. The van der Waals surface area contributed by atoms with E-state index in [4.69, 9.17) is 19.9 Å². The second kappa shape index (κ2) is 16.2. The maximum absolute atomic E-state index is 13.1. The number of methoxy groups -OCH3 is 2. The van der Waals surface area contributed by atoms with Gasteiger partial charge in [-0.05, 0) is 67.6 Å². The van der Waals surface area contributed by atoms with Crippen molar-refractivity contribution in [2.45, 2.75) is 90.8 Å². The smallest absolute Gasteiger partial charge is 0.223 e. The molecule has 2 rings (SSSR count). The first-order chi connectivity index (χ1) is 18.9. The van der Waals surface area contributed by atoms with E-state index in [2.05, 4.69) is 24.5 Å². The number of nitrogens with one attached hydrogen (secondary N) is 2. The quantitative estimate of drug-likeness (QED) is 0.190. The summed E-state index contributed by atoms with van der Waals surface area (Å²) in [6.45, 7) is 11.4. The zero-order valence-electron chi connectivity index (χ0n) is 25.6. The normalized spacial score (nSPS) is 17.2. The van der Waals surface area contributed by atoms with Crippen molar-refractivity contribution < 1.29 is 28.9 Å². The van der Waals surface area contributed by atoms with Gasteiger partial charge in [-0.25, -0.2) is 0 Å². The molecule has 0 radical (unpaired) electrons. The molecule has 0 heterocycles. The van der Waals surface area contributed by atoms with Crippen LogP contribution in [0, 0.1) is 23.7 Å². The molecule has 5 N–H and O–H groups in total. The Hall–Kier alpha value is -2.36. The maximum atomic E-state index is 13.1. The van der Waals surface area contributed by atoms with Crippen LogP contribution in [0.3, 0.4) is 0 Å². The van der Waals surface area contributed by atoms with Crippen molar-refractivity contribution >= 4 is 11.8 Å². The zero-order valence-corrected chi connectivity index (χ0v) is 25.6. The van der Waals surface area contributed by atoms with E-state index in [9.17, 15) is 14.7 Å². The number of hydrogen-bond acceptors (Lipinski definition) is 7. The summed E-state index contributed by atoms with van der Waals surface area (Å²) in [5, 5.41) is 17.0. The Bertz CT molecular complexity index is 934. The average molecular weight is 564 g/mol. The number of nitrogens with two attached hydrogens (primary N) is 1. The van der Waals surface area contributed by atoms with E-state index in [1.54, 1.807) is 14.2 Å². The first kappa shape index (κ1) is 33.8. The number of rotatable bonds is 19. The van der Waals surface area contributed by atoms with Gasteiger partial charge in [-0.3, -0.25) is 9.59 Å². The average Bonchev–Trinajstić information content (AvgIpc) is 3.66. The molecule has 9 heteroatoms. The largest absolute Gasteiger partial charge is 0.493 e. The molecule has 0 aliphatic heterocycles. The number of aliphatic hydroxyl groups is 1. The highest BCUT2D eigenvalue weighted by atomic mass is 16.5. The van der Waals surface area contributed by atoms with Crippen LogP contribution in [0.5, 0.6) is 11.5 Å². The highest BCUT2D eigenvalue weighted by Crippen LogP contribution is 2.35. The highest BCUT2D eigenvalue weighted by molar-refractivity contribution is 5.79. The van der Waals surface area contributed by atoms with Gasteiger partial charge in [0.15, 0.2) is 11.5 Å². The number of amides is 2. The molecule has 1 aliphatic rings. The van der Waals surface area contributed by atoms with Gasteiger partial charge in [-0.2, -0.15) is 0 Å². The number of hydrogen-bond donors (Lipinski definition) is 4. The summed E-state index contributed by atoms with van der Waals surface area (Å²) in [6, 6.07) is 5.54. The summed E-state index contributed by atoms with van der Waals surface area (Å²) in [4.78, 5) is 24.5. The van der Waals surface area contributed by atoms with Gasteiger partial charge < -0.3 is 35.7 Å². The van der Waals surface area contributed by atoms with Crippen molar-refractivity contribution in [1.82, 2.24) is 10.6 Å². The fourth-order valence-corrected chi connectivity index (χ4v) is 5.12. The van der Waals surface area contributed by atoms with Crippen LogP contribution < -0.4 is 25.8 Å². The summed E-state index contributed by atoms with van der Waals surface area (Å²) in [6.07, 6.45) is 3.42. The topological polar surface area (TPSA) is 132 Å². The van der Waals surface area contributed by atoms with Crippen molar-refractivity contribution in [3.05, 3.63) is 23.8 Å². The zero-order chi connectivity index (χ0) is 29.9. The fraction of sp³-hybridized carbons (Fsp3) is 0.742. The molecule has 0 aromatic heterocycles. The lowest BCUT2D eigenvalue weighted by Crippen LogP contribution is -2.48. The van der Waals surface area contributed by atoms with E-state index in [0.29, 0.717) is 50.0 Å². The lowest BCUT2D eigenvalue weighted by Gasteiger charge is -2.30. The van der Waals surface area contributed by atoms with Crippen molar-refractivity contribution in [2.75, 3.05) is 34.0 Å². The standard InChI is InChI=1S/C31H53N3O6/c1-20(2)24(15-23-9-10-28(39-7)29(16-23)40-14-8-13-38-6)17-26(32)27(36)18-25(21(3)4)30(37)33-19-31(11-12-31)34-22(5)35/h9-10,16,20-21,24-27,36H,8,11-15,17-19,32H2,1-7H3,(H,33,37)(H,34,35)/t24-,25?,26?,27?/m0/s1. The number of carbonyl (C=O) groups is 2. The molecule has 0 saturated heterocycles. The molecular formula is C31H53N3O6. The summed E-state index contributed by atoms with van der Waals surface area (Å²) in [5.74, 6) is 1.46. The van der Waals surface area contributed by atoms with E-state index < -0.39 is 12.1 Å². The summed E-state index contributed by atoms with van der Waals surface area (Å²) < 4.78 is 16.5. The van der Waals surface area contributed by atoms with Crippen LogP contribution in [0.25, 0.3) is 0 Å². The third-order valence-electron chi connectivity index (χ3n) is 8.02. The predicted molar refractivity (Wildman–Crippen MR) is 157 cm³/mol. The molecular weight excluding hydrogens is 510 g/mol. The molecule has 1 aromatic rings. The maximum Gasteiger partial charge on any atom is 0.223 e. The Morgan fingerprint density at radius 2 is 1.75 bits per heavy atom. The van der Waals surface area contributed by atoms with Crippen molar-refractivity contribution in [1.29, 1.82) is 0 Å². The van der Waals surface area contributed by atoms with Gasteiger partial charge in [0.2, 0.25) is 11.8 Å².